The molecule has 0 radical (unpaired) electrons. The van der Waals surface area contributed by atoms with Crippen molar-refractivity contribution in [1.29, 1.82) is 0 Å². The van der Waals surface area contributed by atoms with Gasteiger partial charge in [0.25, 0.3) is 5.91 Å². The van der Waals surface area contributed by atoms with Gasteiger partial charge in [-0.25, -0.2) is 8.42 Å². The first-order chi connectivity index (χ1) is 12.7. The molecule has 0 saturated heterocycles. The molecule has 1 atom stereocenters. The first-order valence-electron chi connectivity index (χ1n) is 8.24. The summed E-state index contributed by atoms with van der Waals surface area (Å²) in [5.41, 5.74) is 1.54. The predicted molar refractivity (Wildman–Crippen MR) is 105 cm³/mol. The number of anilines is 1. The Labute approximate surface area is 160 Å². The van der Waals surface area contributed by atoms with Crippen molar-refractivity contribution in [2.45, 2.75) is 13.0 Å². The zero-order chi connectivity index (χ0) is 20.2. The first-order valence-corrected chi connectivity index (χ1v) is 10.1. The van der Waals surface area contributed by atoms with Gasteiger partial charge < -0.3 is 14.8 Å². The molecule has 0 bridgehead atoms. The van der Waals surface area contributed by atoms with E-state index in [1.807, 2.05) is 31.2 Å². The van der Waals surface area contributed by atoms with Crippen LogP contribution in [0.25, 0.3) is 0 Å². The number of carbonyl (C=O) groups excluding carboxylic acids is 1. The van der Waals surface area contributed by atoms with E-state index in [0.29, 0.717) is 11.4 Å². The third-order valence-corrected chi connectivity index (χ3v) is 5.46. The lowest BCUT2D eigenvalue weighted by atomic mass is 10.1. The summed E-state index contributed by atoms with van der Waals surface area (Å²) >= 11 is 0. The van der Waals surface area contributed by atoms with Gasteiger partial charge in [-0.15, -0.1) is 0 Å². The molecule has 1 N–H and O–H groups in total. The smallest absolute Gasteiger partial charge is 0.255 e. The summed E-state index contributed by atoms with van der Waals surface area (Å²) in [4.78, 5) is 12.8. The van der Waals surface area contributed by atoms with Crippen molar-refractivity contribution in [2.24, 2.45) is 0 Å². The number of sulfonamides is 1. The second-order valence-corrected chi connectivity index (χ2v) is 8.10. The number of nitrogens with one attached hydrogen (secondary N) is 1. The van der Waals surface area contributed by atoms with Gasteiger partial charge in [0.05, 0.1) is 37.8 Å². The van der Waals surface area contributed by atoms with Crippen molar-refractivity contribution in [3.8, 4) is 11.5 Å². The van der Waals surface area contributed by atoms with Crippen molar-refractivity contribution in [3.05, 3.63) is 53.6 Å². The highest BCUT2D eigenvalue weighted by atomic mass is 32.2. The highest BCUT2D eigenvalue weighted by Gasteiger charge is 2.19. The van der Waals surface area contributed by atoms with Crippen LogP contribution in [-0.4, -0.2) is 41.8 Å². The molecule has 27 heavy (non-hydrogen) atoms. The molecule has 7 nitrogen and oxygen atoms in total. The van der Waals surface area contributed by atoms with Crippen LogP contribution >= 0.6 is 0 Å². The fourth-order valence-electron chi connectivity index (χ4n) is 2.51. The van der Waals surface area contributed by atoms with Crippen molar-refractivity contribution in [3.63, 3.8) is 0 Å². The Morgan fingerprint density at radius 1 is 1.07 bits per heavy atom. The number of nitrogens with zero attached hydrogens (tertiary/aromatic N) is 1. The maximum Gasteiger partial charge on any atom is 0.255 e. The minimum Gasteiger partial charge on any atom is -0.497 e. The highest BCUT2D eigenvalue weighted by molar-refractivity contribution is 7.92. The molecular formula is C19H24N2O5S. The minimum atomic E-state index is -3.44. The number of hydrogen-bond donors (Lipinski definition) is 1. The van der Waals surface area contributed by atoms with E-state index in [0.717, 1.165) is 21.9 Å². The third-order valence-electron chi connectivity index (χ3n) is 4.25. The Balaban J connectivity index is 2.27. The van der Waals surface area contributed by atoms with E-state index < -0.39 is 10.0 Å². The van der Waals surface area contributed by atoms with E-state index in [2.05, 4.69) is 5.32 Å². The quantitative estimate of drug-likeness (QED) is 0.783. The lowest BCUT2D eigenvalue weighted by Gasteiger charge is -2.20. The molecule has 0 aliphatic rings. The Kier molecular flexibility index (Phi) is 6.32. The van der Waals surface area contributed by atoms with Gasteiger partial charge in [-0.2, -0.15) is 0 Å². The average Bonchev–Trinajstić information content (AvgIpc) is 2.66. The summed E-state index contributed by atoms with van der Waals surface area (Å²) in [6.45, 7) is 1.86. The molecule has 8 heteroatoms. The topological polar surface area (TPSA) is 84.9 Å². The van der Waals surface area contributed by atoms with Crippen LogP contribution in [-0.2, 0) is 10.0 Å². The summed E-state index contributed by atoms with van der Waals surface area (Å²) < 4.78 is 35.0. The molecule has 0 aliphatic heterocycles. The van der Waals surface area contributed by atoms with Crippen LogP contribution in [0, 0.1) is 0 Å². The van der Waals surface area contributed by atoms with Gasteiger partial charge in [-0.3, -0.25) is 9.10 Å². The van der Waals surface area contributed by atoms with Crippen molar-refractivity contribution in [1.82, 2.24) is 5.32 Å². The second-order valence-electron chi connectivity index (χ2n) is 6.08. The number of amides is 1. The van der Waals surface area contributed by atoms with Crippen molar-refractivity contribution in [2.75, 3.05) is 31.8 Å². The molecule has 0 fully saturated rings. The lowest BCUT2D eigenvalue weighted by molar-refractivity contribution is 0.0937. The van der Waals surface area contributed by atoms with E-state index in [9.17, 15) is 13.2 Å². The van der Waals surface area contributed by atoms with Gasteiger partial charge in [0.15, 0.2) is 0 Å². The van der Waals surface area contributed by atoms with E-state index in [1.54, 1.807) is 19.2 Å². The Morgan fingerprint density at radius 3 is 2.22 bits per heavy atom. The van der Waals surface area contributed by atoms with Crippen LogP contribution in [0.15, 0.2) is 42.5 Å². The largest absolute Gasteiger partial charge is 0.497 e. The van der Waals surface area contributed by atoms with Crippen molar-refractivity contribution < 1.29 is 22.7 Å². The summed E-state index contributed by atoms with van der Waals surface area (Å²) in [6, 6.07) is 11.8. The average molecular weight is 392 g/mol. The number of hydrogen-bond acceptors (Lipinski definition) is 5. The Morgan fingerprint density at radius 2 is 1.70 bits per heavy atom. The van der Waals surface area contributed by atoms with Crippen LogP contribution in [0.1, 0.15) is 28.9 Å². The van der Waals surface area contributed by atoms with E-state index in [1.165, 1.54) is 20.2 Å². The summed E-state index contributed by atoms with van der Waals surface area (Å²) in [7, 11) is 1.04. The molecule has 0 aliphatic carbocycles. The molecule has 146 valence electrons. The standard InChI is InChI=1S/C19H24N2O5S/c1-13(14-6-9-16(25-3)10-7-14)20-19(22)17-12-15(8-11-18(17)26-4)21(2)27(5,23)24/h6-13H,1-5H3,(H,20,22). The molecule has 2 aromatic carbocycles. The number of ether oxygens (including phenoxy) is 2. The fraction of sp³-hybridized carbons (Fsp3) is 0.316. The number of rotatable bonds is 7. The predicted octanol–water partition coefficient (Wildman–Crippen LogP) is 2.59. The van der Waals surface area contributed by atoms with Crippen LogP contribution < -0.4 is 19.1 Å². The number of carbonyl (C=O) groups is 1. The zero-order valence-electron chi connectivity index (χ0n) is 16.0. The summed E-state index contributed by atoms with van der Waals surface area (Å²) in [5.74, 6) is 0.731. The van der Waals surface area contributed by atoms with E-state index in [4.69, 9.17) is 9.47 Å². The molecular weight excluding hydrogens is 368 g/mol. The monoisotopic (exact) mass is 392 g/mol. The molecule has 2 aromatic rings. The second kappa shape index (κ2) is 8.30. The fourth-order valence-corrected chi connectivity index (χ4v) is 3.01. The molecule has 0 saturated carbocycles. The molecule has 1 amide bonds. The minimum absolute atomic E-state index is 0.255. The Bertz CT molecular complexity index is 910. The van der Waals surface area contributed by atoms with Gasteiger partial charge in [0, 0.05) is 7.05 Å². The van der Waals surface area contributed by atoms with Gasteiger partial charge in [-0.05, 0) is 42.8 Å². The SMILES string of the molecule is COc1ccc(C(C)NC(=O)c2cc(N(C)S(C)(=O)=O)ccc2OC)cc1. The Hall–Kier alpha value is -2.74. The molecule has 2 rings (SSSR count). The lowest BCUT2D eigenvalue weighted by Crippen LogP contribution is -2.28. The highest BCUT2D eigenvalue weighted by Crippen LogP contribution is 2.26. The maximum absolute atomic E-state index is 12.8. The van der Waals surface area contributed by atoms with Crippen LogP contribution in [0.3, 0.4) is 0 Å². The maximum atomic E-state index is 12.8. The van der Waals surface area contributed by atoms with Gasteiger partial charge >= 0.3 is 0 Å². The van der Waals surface area contributed by atoms with Gasteiger partial charge in [-0.1, -0.05) is 12.1 Å². The molecule has 1 unspecified atom stereocenters. The molecule has 0 heterocycles. The van der Waals surface area contributed by atoms with Gasteiger partial charge in [0.1, 0.15) is 11.5 Å². The van der Waals surface area contributed by atoms with Crippen LogP contribution in [0.5, 0.6) is 11.5 Å². The summed E-state index contributed by atoms with van der Waals surface area (Å²) in [5, 5.41) is 2.90. The molecule has 0 aromatic heterocycles. The zero-order valence-corrected chi connectivity index (χ0v) is 16.8. The third kappa shape index (κ3) is 4.91. The summed E-state index contributed by atoms with van der Waals surface area (Å²) in [6.07, 6.45) is 1.10. The van der Waals surface area contributed by atoms with Crippen LogP contribution in [0.4, 0.5) is 5.69 Å². The van der Waals surface area contributed by atoms with Gasteiger partial charge in [0.2, 0.25) is 10.0 Å². The first kappa shape index (κ1) is 20.6. The van der Waals surface area contributed by atoms with E-state index in [-0.39, 0.29) is 17.5 Å². The van der Waals surface area contributed by atoms with Crippen LogP contribution in [0.2, 0.25) is 0 Å². The van der Waals surface area contributed by atoms with E-state index >= 15 is 0 Å². The number of benzene rings is 2. The van der Waals surface area contributed by atoms with Crippen molar-refractivity contribution >= 4 is 21.6 Å². The number of methoxy groups -OCH3 is 2. The normalized spacial score (nSPS) is 12.2. The molecule has 0 spiro atoms.